The van der Waals surface area contributed by atoms with Crippen LogP contribution in [-0.4, -0.2) is 22.1 Å². The van der Waals surface area contributed by atoms with Crippen molar-refractivity contribution in [2.24, 2.45) is 0 Å². The summed E-state index contributed by atoms with van der Waals surface area (Å²) in [6, 6.07) is 13.3. The summed E-state index contributed by atoms with van der Waals surface area (Å²) in [6.45, 7) is 0. The van der Waals surface area contributed by atoms with Crippen LogP contribution in [0.3, 0.4) is 0 Å². The zero-order valence-electron chi connectivity index (χ0n) is 11.5. The summed E-state index contributed by atoms with van der Waals surface area (Å²) in [4.78, 5) is 12.8. The van der Waals surface area contributed by atoms with Crippen molar-refractivity contribution in [1.82, 2.24) is 15.0 Å². The highest BCUT2D eigenvalue weighted by Crippen LogP contribution is 2.21. The Morgan fingerprint density at radius 2 is 2.00 bits per heavy atom. The quantitative estimate of drug-likeness (QED) is 0.793. The lowest BCUT2D eigenvalue weighted by molar-refractivity contribution is 0.415. The molecule has 2 heterocycles. The van der Waals surface area contributed by atoms with Gasteiger partial charge in [-0.3, -0.25) is 4.98 Å². The summed E-state index contributed by atoms with van der Waals surface area (Å²) >= 11 is 0. The molecular formula is C16H14N4O. The van der Waals surface area contributed by atoms with Crippen LogP contribution in [0.5, 0.6) is 5.75 Å². The smallest absolute Gasteiger partial charge is 0.227 e. The molecule has 0 atom stereocenters. The van der Waals surface area contributed by atoms with Gasteiger partial charge < -0.3 is 10.1 Å². The van der Waals surface area contributed by atoms with Gasteiger partial charge in [-0.1, -0.05) is 6.07 Å². The van der Waals surface area contributed by atoms with E-state index >= 15 is 0 Å². The standard InChI is InChI=1S/C16H14N4O/c1-21-14-6-2-5-13(10-14)19-16-18-9-7-15(20-16)12-4-3-8-17-11-12/h2-11H,1H3,(H,18,19,20). The van der Waals surface area contributed by atoms with E-state index in [0.717, 1.165) is 22.7 Å². The number of pyridine rings is 1. The third kappa shape index (κ3) is 3.14. The first-order chi connectivity index (χ1) is 10.3. The van der Waals surface area contributed by atoms with Crippen molar-refractivity contribution in [2.45, 2.75) is 0 Å². The maximum atomic E-state index is 5.20. The number of hydrogen-bond acceptors (Lipinski definition) is 5. The Morgan fingerprint density at radius 1 is 1.05 bits per heavy atom. The maximum absolute atomic E-state index is 5.20. The zero-order valence-corrected chi connectivity index (χ0v) is 11.5. The molecule has 5 nitrogen and oxygen atoms in total. The molecule has 21 heavy (non-hydrogen) atoms. The summed E-state index contributed by atoms with van der Waals surface area (Å²) in [6.07, 6.45) is 5.23. The molecule has 0 spiro atoms. The molecule has 0 amide bonds. The maximum Gasteiger partial charge on any atom is 0.227 e. The van der Waals surface area contributed by atoms with Gasteiger partial charge in [-0.25, -0.2) is 9.97 Å². The summed E-state index contributed by atoms with van der Waals surface area (Å²) in [5.41, 5.74) is 2.65. The van der Waals surface area contributed by atoms with Crippen molar-refractivity contribution in [3.8, 4) is 17.0 Å². The van der Waals surface area contributed by atoms with Gasteiger partial charge in [0.15, 0.2) is 0 Å². The molecule has 0 aliphatic heterocycles. The van der Waals surface area contributed by atoms with E-state index in [-0.39, 0.29) is 0 Å². The second-order valence-corrected chi connectivity index (χ2v) is 4.36. The molecule has 0 bridgehead atoms. The minimum absolute atomic E-state index is 0.532. The molecule has 3 rings (SSSR count). The molecule has 0 radical (unpaired) electrons. The van der Waals surface area contributed by atoms with Crippen molar-refractivity contribution in [1.29, 1.82) is 0 Å². The SMILES string of the molecule is COc1cccc(Nc2nccc(-c3cccnc3)n2)c1. The average Bonchev–Trinajstić information content (AvgIpc) is 2.56. The van der Waals surface area contributed by atoms with Crippen LogP contribution in [-0.2, 0) is 0 Å². The van der Waals surface area contributed by atoms with E-state index in [9.17, 15) is 0 Å². The lowest BCUT2D eigenvalue weighted by Crippen LogP contribution is -1.98. The van der Waals surface area contributed by atoms with Gasteiger partial charge in [0.1, 0.15) is 5.75 Å². The van der Waals surface area contributed by atoms with Crippen LogP contribution in [0.4, 0.5) is 11.6 Å². The number of ether oxygens (including phenoxy) is 1. The molecule has 0 aliphatic carbocycles. The predicted octanol–water partition coefficient (Wildman–Crippen LogP) is 3.29. The van der Waals surface area contributed by atoms with Gasteiger partial charge in [-0.15, -0.1) is 0 Å². The molecule has 1 N–H and O–H groups in total. The first-order valence-corrected chi connectivity index (χ1v) is 6.50. The number of hydrogen-bond donors (Lipinski definition) is 1. The molecule has 0 unspecified atom stereocenters. The number of nitrogens with one attached hydrogen (secondary N) is 1. The monoisotopic (exact) mass is 278 g/mol. The van der Waals surface area contributed by atoms with Crippen molar-refractivity contribution in [3.63, 3.8) is 0 Å². The summed E-state index contributed by atoms with van der Waals surface area (Å²) < 4.78 is 5.20. The van der Waals surface area contributed by atoms with E-state index in [1.165, 1.54) is 0 Å². The van der Waals surface area contributed by atoms with Crippen LogP contribution in [0.15, 0.2) is 61.1 Å². The van der Waals surface area contributed by atoms with Crippen LogP contribution in [0.2, 0.25) is 0 Å². The average molecular weight is 278 g/mol. The lowest BCUT2D eigenvalue weighted by atomic mass is 10.2. The number of aromatic nitrogens is 3. The normalized spacial score (nSPS) is 10.1. The van der Waals surface area contributed by atoms with E-state index in [1.54, 1.807) is 25.7 Å². The largest absolute Gasteiger partial charge is 0.497 e. The molecule has 0 aliphatic rings. The Hall–Kier alpha value is -2.95. The summed E-state index contributed by atoms with van der Waals surface area (Å²) in [7, 11) is 1.64. The van der Waals surface area contributed by atoms with Gasteiger partial charge in [-0.2, -0.15) is 0 Å². The molecule has 0 saturated heterocycles. The minimum atomic E-state index is 0.532. The predicted molar refractivity (Wildman–Crippen MR) is 81.5 cm³/mol. The van der Waals surface area contributed by atoms with Crippen LogP contribution in [0.1, 0.15) is 0 Å². The number of rotatable bonds is 4. The van der Waals surface area contributed by atoms with Crippen molar-refractivity contribution in [2.75, 3.05) is 12.4 Å². The second-order valence-electron chi connectivity index (χ2n) is 4.36. The number of methoxy groups -OCH3 is 1. The van der Waals surface area contributed by atoms with Gasteiger partial charge in [-0.05, 0) is 30.3 Å². The lowest BCUT2D eigenvalue weighted by Gasteiger charge is -2.07. The summed E-state index contributed by atoms with van der Waals surface area (Å²) in [5.74, 6) is 1.31. The van der Waals surface area contributed by atoms with Gasteiger partial charge in [0.05, 0.1) is 12.8 Å². The Labute approximate surface area is 122 Å². The third-order valence-corrected chi connectivity index (χ3v) is 2.94. The first-order valence-electron chi connectivity index (χ1n) is 6.50. The fraction of sp³-hybridized carbons (Fsp3) is 0.0625. The number of anilines is 2. The van der Waals surface area contributed by atoms with E-state index in [1.807, 2.05) is 42.5 Å². The minimum Gasteiger partial charge on any atom is -0.497 e. The second kappa shape index (κ2) is 6.00. The van der Waals surface area contributed by atoms with Gasteiger partial charge >= 0.3 is 0 Å². The molecule has 2 aromatic heterocycles. The van der Waals surface area contributed by atoms with Gasteiger partial charge in [0.2, 0.25) is 5.95 Å². The Morgan fingerprint density at radius 3 is 2.81 bits per heavy atom. The van der Waals surface area contributed by atoms with E-state index in [0.29, 0.717) is 5.95 Å². The van der Waals surface area contributed by atoms with Crippen LogP contribution in [0, 0.1) is 0 Å². The third-order valence-electron chi connectivity index (χ3n) is 2.94. The van der Waals surface area contributed by atoms with Crippen molar-refractivity contribution in [3.05, 3.63) is 61.1 Å². The molecule has 0 saturated carbocycles. The fourth-order valence-electron chi connectivity index (χ4n) is 1.92. The molecule has 1 aromatic carbocycles. The molecular weight excluding hydrogens is 264 g/mol. The van der Waals surface area contributed by atoms with E-state index in [4.69, 9.17) is 4.74 Å². The van der Waals surface area contributed by atoms with E-state index in [2.05, 4.69) is 20.3 Å². The Kier molecular flexibility index (Phi) is 3.73. The molecule has 104 valence electrons. The molecule has 0 fully saturated rings. The van der Waals surface area contributed by atoms with Crippen LogP contribution < -0.4 is 10.1 Å². The zero-order chi connectivity index (χ0) is 14.5. The summed E-state index contributed by atoms with van der Waals surface area (Å²) in [5, 5.41) is 3.17. The highest BCUT2D eigenvalue weighted by molar-refractivity contribution is 5.61. The molecule has 5 heteroatoms. The van der Waals surface area contributed by atoms with Gasteiger partial charge in [0, 0.05) is 35.9 Å². The first kappa shape index (κ1) is 13.1. The number of nitrogens with zero attached hydrogens (tertiary/aromatic N) is 3. The highest BCUT2D eigenvalue weighted by atomic mass is 16.5. The van der Waals surface area contributed by atoms with Gasteiger partial charge in [0.25, 0.3) is 0 Å². The number of benzene rings is 1. The fourth-order valence-corrected chi connectivity index (χ4v) is 1.92. The van der Waals surface area contributed by atoms with Crippen molar-refractivity contribution >= 4 is 11.6 Å². The highest BCUT2D eigenvalue weighted by Gasteiger charge is 2.03. The van der Waals surface area contributed by atoms with Crippen molar-refractivity contribution < 1.29 is 4.74 Å². The van der Waals surface area contributed by atoms with E-state index < -0.39 is 0 Å². The molecule has 3 aromatic rings. The van der Waals surface area contributed by atoms with Crippen LogP contribution >= 0.6 is 0 Å². The van der Waals surface area contributed by atoms with Crippen LogP contribution in [0.25, 0.3) is 11.3 Å². The Bertz CT molecular complexity index is 731. The topological polar surface area (TPSA) is 59.9 Å². The Balaban J connectivity index is 1.86.